The average molecular weight is 613 g/mol. The van der Waals surface area contributed by atoms with Crippen molar-refractivity contribution in [2.24, 2.45) is 11.8 Å². The molecule has 0 unspecified atom stereocenters. The number of aromatic nitrogens is 8. The van der Waals surface area contributed by atoms with E-state index in [0.717, 1.165) is 59.8 Å². The first-order valence-corrected chi connectivity index (χ1v) is 16.1. The highest BCUT2D eigenvalue weighted by Gasteiger charge is 2.43. The Bertz CT molecular complexity index is 1940. The third-order valence-corrected chi connectivity index (χ3v) is 10.7. The molecule has 10 nitrogen and oxygen atoms in total. The molecular formula is C36H36N8O2. The lowest BCUT2D eigenvalue weighted by molar-refractivity contribution is 0.0518. The Morgan fingerprint density at radius 3 is 1.50 bits per heavy atom. The van der Waals surface area contributed by atoms with E-state index in [4.69, 9.17) is 0 Å². The van der Waals surface area contributed by atoms with Crippen molar-refractivity contribution in [1.82, 2.24) is 38.7 Å². The van der Waals surface area contributed by atoms with E-state index in [9.17, 15) is 10.2 Å². The van der Waals surface area contributed by atoms with Crippen LogP contribution in [-0.2, 0) is 13.1 Å². The highest BCUT2D eigenvalue weighted by molar-refractivity contribution is 5.70. The van der Waals surface area contributed by atoms with Gasteiger partial charge in [0.05, 0.1) is 72.3 Å². The van der Waals surface area contributed by atoms with E-state index in [1.807, 2.05) is 60.7 Å². The van der Waals surface area contributed by atoms with Crippen molar-refractivity contribution >= 4 is 0 Å². The van der Waals surface area contributed by atoms with Gasteiger partial charge in [0.15, 0.2) is 0 Å². The molecule has 4 aliphatic heterocycles. The molecule has 2 N–H and O–H groups in total. The van der Waals surface area contributed by atoms with E-state index in [0.29, 0.717) is 0 Å². The van der Waals surface area contributed by atoms with Gasteiger partial charge in [-0.1, -0.05) is 48.5 Å². The number of imidazole rings is 2. The molecule has 10 rings (SSSR count). The summed E-state index contributed by atoms with van der Waals surface area (Å²) < 4.78 is 8.35. The Morgan fingerprint density at radius 1 is 0.609 bits per heavy atom. The van der Waals surface area contributed by atoms with Crippen LogP contribution in [0.1, 0.15) is 70.8 Å². The summed E-state index contributed by atoms with van der Waals surface area (Å²) >= 11 is 0. The molecule has 6 atom stereocenters. The van der Waals surface area contributed by atoms with Gasteiger partial charge in [0, 0.05) is 36.1 Å². The molecule has 0 amide bonds. The first-order chi connectivity index (χ1) is 22.5. The van der Waals surface area contributed by atoms with Crippen LogP contribution in [0.3, 0.4) is 0 Å². The fraction of sp³-hybridized carbons (Fsp3) is 0.333. The zero-order valence-electron chi connectivity index (χ0n) is 25.8. The number of benzene rings is 2. The second-order valence-electron chi connectivity index (χ2n) is 13.1. The maximum absolute atomic E-state index is 11.0. The average Bonchev–Trinajstić information content (AvgIpc) is 3.91. The Kier molecular flexibility index (Phi) is 6.20. The van der Waals surface area contributed by atoms with Crippen LogP contribution in [-0.4, -0.2) is 48.9 Å². The van der Waals surface area contributed by atoms with Gasteiger partial charge >= 0.3 is 0 Å². The van der Waals surface area contributed by atoms with Crippen molar-refractivity contribution in [2.45, 2.75) is 64.1 Å². The first kappa shape index (κ1) is 27.5. The number of hydrogen-bond donors (Lipinski definition) is 2. The molecule has 10 heteroatoms. The summed E-state index contributed by atoms with van der Waals surface area (Å²) in [5.74, 6) is 0.268. The monoisotopic (exact) mass is 612 g/mol. The zero-order valence-corrected chi connectivity index (χ0v) is 25.8. The summed E-state index contributed by atoms with van der Waals surface area (Å²) in [7, 11) is 0. The van der Waals surface area contributed by atoms with Crippen LogP contribution in [0.2, 0.25) is 0 Å². The van der Waals surface area contributed by atoms with Gasteiger partial charge in [0.2, 0.25) is 0 Å². The second-order valence-corrected chi connectivity index (χ2v) is 13.1. The normalized spacial score (nSPS) is 25.0. The van der Waals surface area contributed by atoms with Crippen LogP contribution in [0.15, 0.2) is 86.0 Å². The predicted molar refractivity (Wildman–Crippen MR) is 172 cm³/mol. The van der Waals surface area contributed by atoms with E-state index in [1.165, 1.54) is 22.3 Å². The Morgan fingerprint density at radius 2 is 1.04 bits per heavy atom. The minimum atomic E-state index is -0.502. The van der Waals surface area contributed by atoms with Gasteiger partial charge in [0.1, 0.15) is 12.2 Å². The lowest BCUT2D eigenvalue weighted by atomic mass is 9.82. The SMILES string of the molecule is Cc1cnn2c1[C@@H](O)[C@@H]([C@@H]1c3ccccc3-c3cncn31)CC2.Cc1cnn2c1[C@H](O)[C@H]([C@H]1c3ccccc3-c3cncn31)CC2. The first-order valence-electron chi connectivity index (χ1n) is 16.1. The molecule has 0 spiro atoms. The minimum absolute atomic E-state index is 0.134. The van der Waals surface area contributed by atoms with E-state index in [-0.39, 0.29) is 23.9 Å². The Hall–Kier alpha value is -4.80. The molecule has 4 aromatic heterocycles. The van der Waals surface area contributed by atoms with E-state index >= 15 is 0 Å². The lowest BCUT2D eigenvalue weighted by Gasteiger charge is -2.34. The van der Waals surface area contributed by atoms with Crippen LogP contribution >= 0.6 is 0 Å². The van der Waals surface area contributed by atoms with Crippen molar-refractivity contribution in [3.05, 3.63) is 120 Å². The highest BCUT2D eigenvalue weighted by atomic mass is 16.3. The Balaban J connectivity index is 0.000000127. The molecule has 0 radical (unpaired) electrons. The number of rotatable bonds is 2. The van der Waals surface area contributed by atoms with Crippen LogP contribution in [0.4, 0.5) is 0 Å². The highest BCUT2D eigenvalue weighted by Crippen LogP contribution is 2.50. The fourth-order valence-electron chi connectivity index (χ4n) is 8.65. The van der Waals surface area contributed by atoms with Gasteiger partial charge in [-0.15, -0.1) is 0 Å². The summed E-state index contributed by atoms with van der Waals surface area (Å²) in [6.07, 6.45) is 12.1. The van der Waals surface area contributed by atoms with Gasteiger partial charge in [-0.3, -0.25) is 9.36 Å². The Labute approximate surface area is 266 Å². The quantitative estimate of drug-likeness (QED) is 0.270. The summed E-state index contributed by atoms with van der Waals surface area (Å²) in [6, 6.07) is 17.2. The number of aliphatic hydroxyl groups is 2. The third kappa shape index (κ3) is 3.89. The number of hydrogen-bond acceptors (Lipinski definition) is 6. The van der Waals surface area contributed by atoms with Crippen LogP contribution in [0, 0.1) is 25.7 Å². The molecule has 232 valence electrons. The number of fused-ring (bicyclic) bond motifs is 8. The molecule has 0 bridgehead atoms. The van der Waals surface area contributed by atoms with Crippen molar-refractivity contribution in [1.29, 1.82) is 0 Å². The molecule has 6 aromatic rings. The number of nitrogens with zero attached hydrogens (tertiary/aromatic N) is 8. The van der Waals surface area contributed by atoms with Gasteiger partial charge in [0.25, 0.3) is 0 Å². The predicted octanol–water partition coefficient (Wildman–Crippen LogP) is 5.42. The topological polar surface area (TPSA) is 112 Å². The maximum Gasteiger partial charge on any atom is 0.101 e. The molecule has 8 heterocycles. The minimum Gasteiger partial charge on any atom is -0.386 e. The standard InChI is InChI=1S/2C18H18N4O/c2*1-11-8-20-22-7-6-14(18(23)16(11)22)17-13-5-3-2-4-12(13)15-9-19-10-21(15)17/h2*2-5,8-10,14,17-18,23H,6-7H2,1H3/t2*14-,17+,18+/m10/s1. The van der Waals surface area contributed by atoms with Gasteiger partial charge in [-0.2, -0.15) is 10.2 Å². The molecule has 2 aromatic carbocycles. The zero-order chi connectivity index (χ0) is 31.1. The number of aliphatic hydroxyl groups excluding tert-OH is 2. The smallest absolute Gasteiger partial charge is 0.101 e. The molecule has 4 aliphatic rings. The van der Waals surface area contributed by atoms with Crippen LogP contribution in [0.25, 0.3) is 22.5 Å². The molecule has 0 aliphatic carbocycles. The van der Waals surface area contributed by atoms with E-state index < -0.39 is 12.2 Å². The number of aryl methyl sites for hydroxylation is 4. The summed E-state index contributed by atoms with van der Waals surface area (Å²) in [5, 5.41) is 30.9. The van der Waals surface area contributed by atoms with Crippen molar-refractivity contribution < 1.29 is 10.2 Å². The third-order valence-electron chi connectivity index (χ3n) is 10.7. The van der Waals surface area contributed by atoms with Crippen molar-refractivity contribution in [2.75, 3.05) is 0 Å². The molecule has 0 fully saturated rings. The van der Waals surface area contributed by atoms with Crippen LogP contribution in [0.5, 0.6) is 0 Å². The van der Waals surface area contributed by atoms with Gasteiger partial charge in [-0.05, 0) is 48.9 Å². The molecule has 46 heavy (non-hydrogen) atoms. The van der Waals surface area contributed by atoms with Crippen LogP contribution < -0.4 is 0 Å². The molecule has 0 saturated carbocycles. The summed E-state index contributed by atoms with van der Waals surface area (Å²) in [5.41, 5.74) is 11.4. The molecular weight excluding hydrogens is 576 g/mol. The van der Waals surface area contributed by atoms with Gasteiger partial charge in [-0.25, -0.2) is 9.97 Å². The van der Waals surface area contributed by atoms with Crippen molar-refractivity contribution in [3.8, 4) is 22.5 Å². The summed E-state index contributed by atoms with van der Waals surface area (Å²) in [6.45, 7) is 5.76. The summed E-state index contributed by atoms with van der Waals surface area (Å²) in [4.78, 5) is 8.66. The van der Waals surface area contributed by atoms with E-state index in [1.54, 1.807) is 0 Å². The lowest BCUT2D eigenvalue weighted by Crippen LogP contribution is -2.31. The maximum atomic E-state index is 11.0. The molecule has 0 saturated heterocycles. The largest absolute Gasteiger partial charge is 0.386 e. The van der Waals surface area contributed by atoms with Gasteiger partial charge < -0.3 is 19.3 Å². The van der Waals surface area contributed by atoms with Crippen molar-refractivity contribution in [3.63, 3.8) is 0 Å². The van der Waals surface area contributed by atoms with E-state index in [2.05, 4.69) is 77.8 Å². The second kappa shape index (κ2) is 10.4. The fourth-order valence-corrected chi connectivity index (χ4v) is 8.65.